The van der Waals surface area contributed by atoms with Gasteiger partial charge in [0.25, 0.3) is 0 Å². The lowest BCUT2D eigenvalue weighted by Gasteiger charge is -2.34. The fraction of sp³-hybridized carbons (Fsp3) is 0.600. The Hall–Kier alpha value is -2.11. The Balaban J connectivity index is 0.00000320. The predicted octanol–water partition coefficient (Wildman–Crippen LogP) is 2.66. The molecule has 0 radical (unpaired) electrons. The average Bonchev–Trinajstić information content (AvgIpc) is 3.10. The van der Waals surface area contributed by atoms with Crippen LogP contribution in [0.3, 0.4) is 0 Å². The van der Waals surface area contributed by atoms with Crippen LogP contribution in [0.2, 0.25) is 0 Å². The summed E-state index contributed by atoms with van der Waals surface area (Å²) in [6.45, 7) is 8.36. The van der Waals surface area contributed by atoms with E-state index in [-0.39, 0.29) is 30.1 Å². The highest BCUT2D eigenvalue weighted by Crippen LogP contribution is 2.18. The molecule has 3 rings (SSSR count). The van der Waals surface area contributed by atoms with Gasteiger partial charge in [-0.1, -0.05) is 6.07 Å². The van der Waals surface area contributed by atoms with Crippen molar-refractivity contribution in [2.45, 2.75) is 45.8 Å². The number of amides is 1. The lowest BCUT2D eigenvalue weighted by Crippen LogP contribution is -2.47. The summed E-state index contributed by atoms with van der Waals surface area (Å²) >= 11 is 0. The van der Waals surface area contributed by atoms with Crippen LogP contribution < -0.4 is 10.6 Å². The van der Waals surface area contributed by atoms with Crippen molar-refractivity contribution in [2.24, 2.45) is 10.9 Å². The summed E-state index contributed by atoms with van der Waals surface area (Å²) in [5.74, 6) is 1.87. The predicted molar refractivity (Wildman–Crippen MR) is 127 cm³/mol. The number of nitrogens with one attached hydrogen (secondary N) is 2. The number of pyridine rings is 1. The minimum absolute atomic E-state index is 0. The van der Waals surface area contributed by atoms with Crippen LogP contribution in [0.15, 0.2) is 29.4 Å². The SMILES string of the molecule is CN=C(NCc1nnc2ccccn12)NCC1CCCN(C(=O)OC(C)(C)C)C1.I. The minimum Gasteiger partial charge on any atom is -0.444 e. The number of rotatable bonds is 4. The first-order chi connectivity index (χ1) is 13.9. The normalized spacial score (nSPS) is 17.4. The van der Waals surface area contributed by atoms with Gasteiger partial charge in [0.1, 0.15) is 5.60 Å². The molecule has 1 aliphatic rings. The second-order valence-electron chi connectivity index (χ2n) is 8.29. The van der Waals surface area contributed by atoms with E-state index in [1.807, 2.05) is 49.6 Å². The number of carbonyl (C=O) groups is 1. The van der Waals surface area contributed by atoms with E-state index in [4.69, 9.17) is 4.74 Å². The second kappa shape index (κ2) is 10.8. The summed E-state index contributed by atoms with van der Waals surface area (Å²) in [7, 11) is 1.74. The smallest absolute Gasteiger partial charge is 0.410 e. The molecule has 1 fully saturated rings. The van der Waals surface area contributed by atoms with Crippen LogP contribution in [-0.2, 0) is 11.3 Å². The van der Waals surface area contributed by atoms with Crippen molar-refractivity contribution in [3.05, 3.63) is 30.2 Å². The Kier molecular flexibility index (Phi) is 8.68. The first kappa shape index (κ1) is 24.2. The van der Waals surface area contributed by atoms with E-state index in [2.05, 4.69) is 25.8 Å². The summed E-state index contributed by atoms with van der Waals surface area (Å²) < 4.78 is 7.45. The number of piperidine rings is 1. The Bertz CT molecular complexity index is 862. The standard InChI is InChI=1S/C20H31N7O2.HI/c1-20(2,3)29-19(28)26-10-7-8-15(14-26)12-22-18(21-4)23-13-17-25-24-16-9-5-6-11-27(16)17;/h5-6,9,11,15H,7-8,10,12-14H2,1-4H3,(H2,21,22,23);1H. The van der Waals surface area contributed by atoms with Gasteiger partial charge in [-0.2, -0.15) is 0 Å². The molecule has 166 valence electrons. The summed E-state index contributed by atoms with van der Waals surface area (Å²) in [4.78, 5) is 18.4. The molecule has 9 nitrogen and oxygen atoms in total. The van der Waals surface area contributed by atoms with E-state index in [1.54, 1.807) is 11.9 Å². The monoisotopic (exact) mass is 529 g/mol. The average molecular weight is 529 g/mol. The fourth-order valence-electron chi connectivity index (χ4n) is 3.36. The number of hydrogen-bond donors (Lipinski definition) is 2. The van der Waals surface area contributed by atoms with Crippen molar-refractivity contribution in [1.82, 2.24) is 30.1 Å². The van der Waals surface area contributed by atoms with Crippen molar-refractivity contribution in [1.29, 1.82) is 0 Å². The molecule has 3 heterocycles. The van der Waals surface area contributed by atoms with Gasteiger partial charge in [-0.3, -0.25) is 9.39 Å². The van der Waals surface area contributed by atoms with Crippen LogP contribution in [0.4, 0.5) is 4.79 Å². The molecule has 1 atom stereocenters. The molecule has 1 saturated heterocycles. The van der Waals surface area contributed by atoms with E-state index in [9.17, 15) is 4.79 Å². The van der Waals surface area contributed by atoms with Crippen molar-refractivity contribution in [3.8, 4) is 0 Å². The maximum absolute atomic E-state index is 12.3. The minimum atomic E-state index is -0.472. The number of halogens is 1. The molecule has 0 aromatic carbocycles. The van der Waals surface area contributed by atoms with Gasteiger partial charge in [-0.25, -0.2) is 4.79 Å². The third kappa shape index (κ3) is 6.71. The van der Waals surface area contributed by atoms with E-state index in [1.165, 1.54) is 0 Å². The quantitative estimate of drug-likeness (QED) is 0.359. The van der Waals surface area contributed by atoms with Gasteiger partial charge in [0.2, 0.25) is 0 Å². The molecule has 2 aromatic rings. The van der Waals surface area contributed by atoms with Gasteiger partial charge >= 0.3 is 6.09 Å². The third-order valence-electron chi connectivity index (χ3n) is 4.75. The van der Waals surface area contributed by atoms with Crippen LogP contribution in [0.1, 0.15) is 39.4 Å². The van der Waals surface area contributed by atoms with Gasteiger partial charge in [-0.05, 0) is 51.7 Å². The van der Waals surface area contributed by atoms with Crippen molar-refractivity contribution in [2.75, 3.05) is 26.7 Å². The number of aromatic nitrogens is 3. The third-order valence-corrected chi connectivity index (χ3v) is 4.75. The molecule has 1 amide bonds. The van der Waals surface area contributed by atoms with E-state index < -0.39 is 5.60 Å². The zero-order valence-electron chi connectivity index (χ0n) is 18.1. The molecule has 1 aliphatic heterocycles. The molecule has 0 saturated carbocycles. The number of guanidine groups is 1. The van der Waals surface area contributed by atoms with E-state index in [0.717, 1.165) is 37.4 Å². The zero-order valence-corrected chi connectivity index (χ0v) is 20.4. The lowest BCUT2D eigenvalue weighted by atomic mass is 9.98. The molecule has 2 aromatic heterocycles. The summed E-state index contributed by atoms with van der Waals surface area (Å²) in [5.41, 5.74) is 0.344. The lowest BCUT2D eigenvalue weighted by molar-refractivity contribution is 0.0168. The van der Waals surface area contributed by atoms with Crippen LogP contribution in [0, 0.1) is 5.92 Å². The maximum Gasteiger partial charge on any atom is 0.410 e. The molecular formula is C20H32IN7O2. The highest BCUT2D eigenvalue weighted by atomic mass is 127. The number of hydrogen-bond acceptors (Lipinski definition) is 5. The van der Waals surface area contributed by atoms with Crippen molar-refractivity contribution in [3.63, 3.8) is 0 Å². The number of nitrogens with zero attached hydrogens (tertiary/aromatic N) is 5. The Morgan fingerprint density at radius 3 is 2.83 bits per heavy atom. The summed E-state index contributed by atoms with van der Waals surface area (Å²) in [5, 5.41) is 15.0. The molecule has 2 N–H and O–H groups in total. The Labute approximate surface area is 194 Å². The number of carbonyl (C=O) groups excluding carboxylic acids is 1. The zero-order chi connectivity index (χ0) is 20.9. The van der Waals surface area contributed by atoms with Crippen LogP contribution >= 0.6 is 24.0 Å². The Morgan fingerprint density at radius 1 is 1.30 bits per heavy atom. The first-order valence-electron chi connectivity index (χ1n) is 10.1. The molecule has 10 heteroatoms. The molecular weight excluding hydrogens is 497 g/mol. The molecule has 30 heavy (non-hydrogen) atoms. The number of aliphatic imine (C=N–C) groups is 1. The highest BCUT2D eigenvalue weighted by molar-refractivity contribution is 14.0. The largest absolute Gasteiger partial charge is 0.444 e. The number of ether oxygens (including phenoxy) is 1. The highest BCUT2D eigenvalue weighted by Gasteiger charge is 2.27. The van der Waals surface area contributed by atoms with Gasteiger partial charge in [0.05, 0.1) is 6.54 Å². The van der Waals surface area contributed by atoms with Gasteiger partial charge < -0.3 is 20.3 Å². The molecule has 0 bridgehead atoms. The van der Waals surface area contributed by atoms with Crippen molar-refractivity contribution >= 4 is 41.7 Å². The number of fused-ring (bicyclic) bond motifs is 1. The van der Waals surface area contributed by atoms with Crippen molar-refractivity contribution < 1.29 is 9.53 Å². The number of likely N-dealkylation sites (tertiary alicyclic amines) is 1. The maximum atomic E-state index is 12.3. The second-order valence-corrected chi connectivity index (χ2v) is 8.29. The van der Waals surface area contributed by atoms with E-state index in [0.29, 0.717) is 25.0 Å². The molecule has 0 spiro atoms. The van der Waals surface area contributed by atoms with Crippen LogP contribution in [0.5, 0.6) is 0 Å². The Morgan fingerprint density at radius 2 is 2.10 bits per heavy atom. The summed E-state index contributed by atoms with van der Waals surface area (Å²) in [6.07, 6.45) is 3.75. The molecule has 0 aliphatic carbocycles. The van der Waals surface area contributed by atoms with Gasteiger partial charge in [0, 0.05) is 32.9 Å². The van der Waals surface area contributed by atoms with Gasteiger partial charge in [-0.15, -0.1) is 34.2 Å². The van der Waals surface area contributed by atoms with E-state index >= 15 is 0 Å². The topological polar surface area (TPSA) is 96.1 Å². The fourth-order valence-corrected chi connectivity index (χ4v) is 3.36. The van der Waals surface area contributed by atoms with Gasteiger partial charge in [0.15, 0.2) is 17.4 Å². The summed E-state index contributed by atoms with van der Waals surface area (Å²) in [6, 6.07) is 5.81. The van der Waals surface area contributed by atoms with Crippen LogP contribution in [-0.4, -0.2) is 63.8 Å². The van der Waals surface area contributed by atoms with Crippen LogP contribution in [0.25, 0.3) is 5.65 Å². The molecule has 1 unspecified atom stereocenters. The first-order valence-corrected chi connectivity index (χ1v) is 10.1.